The molecular weight excluding hydrogens is 119 g/mol. The average Bonchev–Trinajstić information content (AvgIpc) is 1.35. The third-order valence-corrected chi connectivity index (χ3v) is 0.741. The first-order valence-corrected chi connectivity index (χ1v) is 2.37. The van der Waals surface area contributed by atoms with Crippen molar-refractivity contribution in [1.29, 1.82) is 0 Å². The molecule has 0 aliphatic heterocycles. The normalized spacial score (nSPS) is 8.00. The van der Waals surface area contributed by atoms with Gasteiger partial charge in [0.15, 0.2) is 5.11 Å². The summed E-state index contributed by atoms with van der Waals surface area (Å²) >= 11 is 4.25. The lowest BCUT2D eigenvalue weighted by molar-refractivity contribution is 0.597. The van der Waals surface area contributed by atoms with Crippen LogP contribution in [0.15, 0.2) is 0 Å². The molecule has 0 radical (unpaired) electrons. The molecular formula is CH3N2OPS. The van der Waals surface area contributed by atoms with Crippen LogP contribution in [0.2, 0.25) is 0 Å². The van der Waals surface area contributed by atoms with E-state index in [4.69, 9.17) is 5.73 Å². The lowest BCUT2D eigenvalue weighted by atomic mass is 11.3. The van der Waals surface area contributed by atoms with Gasteiger partial charge in [0.05, 0.1) is 0 Å². The molecule has 6 heavy (non-hydrogen) atoms. The van der Waals surface area contributed by atoms with Gasteiger partial charge in [-0.05, 0) is 12.2 Å². The molecule has 5 heteroatoms. The molecule has 0 aliphatic carbocycles. The summed E-state index contributed by atoms with van der Waals surface area (Å²) < 4.78 is 9.43. The minimum Gasteiger partial charge on any atom is -0.376 e. The third kappa shape index (κ3) is 3.79. The van der Waals surface area contributed by atoms with Crippen LogP contribution in [0.25, 0.3) is 0 Å². The van der Waals surface area contributed by atoms with E-state index in [0.717, 1.165) is 0 Å². The zero-order chi connectivity index (χ0) is 4.99. The number of nitrogens with two attached hydrogens (primary N) is 1. The van der Waals surface area contributed by atoms with Crippen LogP contribution in [-0.2, 0) is 4.57 Å². The first-order chi connectivity index (χ1) is 2.77. The van der Waals surface area contributed by atoms with E-state index in [1.165, 1.54) is 0 Å². The zero-order valence-corrected chi connectivity index (χ0v) is 4.55. The standard InChI is InChI=1S/CH3N2OPS/c2-1(6)3-5-4/h(H3,2,3,4,6). The van der Waals surface area contributed by atoms with Crippen molar-refractivity contribution in [3.05, 3.63) is 0 Å². The maximum absolute atomic E-state index is 9.43. The summed E-state index contributed by atoms with van der Waals surface area (Å²) in [5.41, 5.74) is 4.82. The predicted molar refractivity (Wildman–Crippen MR) is 27.5 cm³/mol. The van der Waals surface area contributed by atoms with Crippen LogP contribution in [0.1, 0.15) is 0 Å². The fourth-order valence-electron chi connectivity index (χ4n) is 0.0450. The molecule has 0 aromatic carbocycles. The first-order valence-electron chi connectivity index (χ1n) is 1.15. The minimum atomic E-state index is -0.242. The maximum atomic E-state index is 9.43. The largest absolute Gasteiger partial charge is 0.376 e. The third-order valence-electron chi connectivity index (χ3n) is 0.156. The zero-order valence-electron chi connectivity index (χ0n) is 2.84. The highest BCUT2D eigenvalue weighted by Crippen LogP contribution is 1.75. The van der Waals surface area contributed by atoms with E-state index in [-0.39, 0.29) is 13.7 Å². The van der Waals surface area contributed by atoms with E-state index in [1.807, 2.05) is 0 Å². The van der Waals surface area contributed by atoms with E-state index in [0.29, 0.717) is 0 Å². The van der Waals surface area contributed by atoms with Crippen LogP contribution in [0.3, 0.4) is 0 Å². The van der Waals surface area contributed by atoms with Gasteiger partial charge in [0.1, 0.15) is 0 Å². The van der Waals surface area contributed by atoms with Gasteiger partial charge in [-0.1, -0.05) is 0 Å². The molecule has 0 amide bonds. The van der Waals surface area contributed by atoms with Gasteiger partial charge in [-0.25, -0.2) is 4.57 Å². The lowest BCUT2D eigenvalue weighted by Crippen LogP contribution is -2.19. The Morgan fingerprint density at radius 3 is 2.50 bits per heavy atom. The van der Waals surface area contributed by atoms with Crippen LogP contribution >= 0.6 is 20.8 Å². The molecule has 3 N–H and O–H groups in total. The van der Waals surface area contributed by atoms with Gasteiger partial charge >= 0.3 is 0 Å². The Balaban J connectivity index is 3.05. The van der Waals surface area contributed by atoms with Crippen LogP contribution in [0.4, 0.5) is 0 Å². The highest BCUT2D eigenvalue weighted by atomic mass is 32.1. The molecule has 0 aromatic heterocycles. The summed E-state index contributed by atoms with van der Waals surface area (Å²) in [7, 11) is -0.242. The van der Waals surface area contributed by atoms with Crippen LogP contribution in [-0.4, -0.2) is 5.11 Å². The van der Waals surface area contributed by atoms with Crippen molar-refractivity contribution in [2.75, 3.05) is 0 Å². The second-order valence-corrected chi connectivity index (χ2v) is 1.41. The summed E-state index contributed by atoms with van der Waals surface area (Å²) in [6.07, 6.45) is 0. The number of thiocarbonyl (C=S) groups is 1. The van der Waals surface area contributed by atoms with Crippen molar-refractivity contribution in [2.45, 2.75) is 0 Å². The van der Waals surface area contributed by atoms with Crippen molar-refractivity contribution in [3.8, 4) is 0 Å². The van der Waals surface area contributed by atoms with Crippen molar-refractivity contribution in [2.24, 2.45) is 5.73 Å². The molecule has 0 unspecified atom stereocenters. The molecule has 0 atom stereocenters. The van der Waals surface area contributed by atoms with E-state index in [1.54, 1.807) is 0 Å². The van der Waals surface area contributed by atoms with E-state index in [9.17, 15) is 4.57 Å². The van der Waals surface area contributed by atoms with Gasteiger partial charge in [0.25, 0.3) is 8.61 Å². The second-order valence-electron chi connectivity index (χ2n) is 0.567. The molecule has 0 bridgehead atoms. The molecule has 0 spiro atoms. The number of rotatable bonds is 1. The Hall–Kier alpha value is -0.210. The Morgan fingerprint density at radius 2 is 2.50 bits per heavy atom. The van der Waals surface area contributed by atoms with Crippen molar-refractivity contribution in [3.63, 3.8) is 0 Å². The minimum absolute atomic E-state index is 0.0478. The summed E-state index contributed by atoms with van der Waals surface area (Å²) in [5, 5.41) is 2.18. The summed E-state index contributed by atoms with van der Waals surface area (Å²) in [6, 6.07) is 0. The Bertz CT molecular complexity index is 73.9. The molecule has 0 saturated carbocycles. The topological polar surface area (TPSA) is 55.1 Å². The van der Waals surface area contributed by atoms with Gasteiger partial charge in [-0.15, -0.1) is 0 Å². The highest BCUT2D eigenvalue weighted by Gasteiger charge is 1.75. The fourth-order valence-corrected chi connectivity index (χ4v) is 0.247. The van der Waals surface area contributed by atoms with Gasteiger partial charge in [0, 0.05) is 0 Å². The van der Waals surface area contributed by atoms with Crippen LogP contribution in [0, 0.1) is 0 Å². The molecule has 3 nitrogen and oxygen atoms in total. The van der Waals surface area contributed by atoms with Gasteiger partial charge in [0.2, 0.25) is 0 Å². The molecule has 0 aliphatic rings. The molecule has 0 heterocycles. The van der Waals surface area contributed by atoms with E-state index in [2.05, 4.69) is 17.3 Å². The summed E-state index contributed by atoms with van der Waals surface area (Å²) in [4.78, 5) is 0. The molecule has 34 valence electrons. The Kier molecular flexibility index (Phi) is 2.89. The molecule has 0 aromatic rings. The maximum Gasteiger partial charge on any atom is 0.280 e. The average molecular weight is 122 g/mol. The Labute approximate surface area is 42.2 Å². The van der Waals surface area contributed by atoms with Crippen molar-refractivity contribution >= 4 is 25.9 Å². The fraction of sp³-hybridized carbons (Fsp3) is 0. The van der Waals surface area contributed by atoms with Crippen LogP contribution < -0.4 is 10.8 Å². The van der Waals surface area contributed by atoms with Crippen molar-refractivity contribution < 1.29 is 4.57 Å². The molecule has 0 rings (SSSR count). The Morgan fingerprint density at radius 1 is 2.00 bits per heavy atom. The monoisotopic (exact) mass is 122 g/mol. The van der Waals surface area contributed by atoms with Crippen LogP contribution in [0.5, 0.6) is 0 Å². The number of hydrogen-bond acceptors (Lipinski definition) is 2. The lowest BCUT2D eigenvalue weighted by Gasteiger charge is -1.82. The first kappa shape index (κ1) is 5.79. The summed E-state index contributed by atoms with van der Waals surface area (Å²) in [5.74, 6) is 0. The number of hydrogen-bond donors (Lipinski definition) is 2. The highest BCUT2D eigenvalue weighted by molar-refractivity contribution is 7.80. The summed E-state index contributed by atoms with van der Waals surface area (Å²) in [6.45, 7) is 0. The van der Waals surface area contributed by atoms with Gasteiger partial charge in [-0.3, -0.25) is 5.09 Å². The quantitative estimate of drug-likeness (QED) is 0.380. The number of nitrogens with one attached hydrogen (secondary N) is 1. The van der Waals surface area contributed by atoms with E-state index >= 15 is 0 Å². The van der Waals surface area contributed by atoms with Crippen molar-refractivity contribution in [1.82, 2.24) is 5.09 Å². The smallest absolute Gasteiger partial charge is 0.280 e. The van der Waals surface area contributed by atoms with Gasteiger partial charge < -0.3 is 5.73 Å². The van der Waals surface area contributed by atoms with Gasteiger partial charge in [-0.2, -0.15) is 0 Å². The predicted octanol–water partition coefficient (Wildman–Crippen LogP) is 0.0263. The van der Waals surface area contributed by atoms with E-state index < -0.39 is 0 Å². The second kappa shape index (κ2) is 3.00. The SMILES string of the molecule is NC(=S)NP=O. The molecule has 0 saturated heterocycles. The molecule has 0 fully saturated rings.